The average Bonchev–Trinajstić information content (AvgIpc) is 3.45. The lowest BCUT2D eigenvalue weighted by Gasteiger charge is -2.39. The van der Waals surface area contributed by atoms with Gasteiger partial charge >= 0.3 is 0 Å². The second-order valence-electron chi connectivity index (χ2n) is 7.61. The van der Waals surface area contributed by atoms with Crippen LogP contribution in [0.15, 0.2) is 64.3 Å². The van der Waals surface area contributed by atoms with Crippen molar-refractivity contribution in [2.75, 3.05) is 31.1 Å². The van der Waals surface area contributed by atoms with Crippen LogP contribution in [0, 0.1) is 11.7 Å². The van der Waals surface area contributed by atoms with E-state index in [-0.39, 0.29) is 17.8 Å². The lowest BCUT2D eigenvalue weighted by Crippen LogP contribution is -2.53. The maximum Gasteiger partial charge on any atom is 0.234 e. The van der Waals surface area contributed by atoms with E-state index in [4.69, 9.17) is 4.42 Å². The Hall–Kier alpha value is -3.42. The Morgan fingerprint density at radius 3 is 2.57 bits per heavy atom. The fourth-order valence-corrected chi connectivity index (χ4v) is 4.32. The molecule has 154 valence electrons. The summed E-state index contributed by atoms with van der Waals surface area (Å²) in [5.41, 5.74) is 1.73. The first-order chi connectivity index (χ1) is 14.6. The summed E-state index contributed by atoms with van der Waals surface area (Å²) in [5.74, 6) is 0.719. The molecule has 0 aliphatic carbocycles. The van der Waals surface area contributed by atoms with Crippen molar-refractivity contribution in [3.63, 3.8) is 0 Å². The zero-order valence-corrected chi connectivity index (χ0v) is 16.6. The normalized spacial score (nSPS) is 21.3. The van der Waals surface area contributed by atoms with Gasteiger partial charge in [-0.1, -0.05) is 0 Å². The maximum absolute atomic E-state index is 13.6. The monoisotopic (exact) mass is 407 g/mol. The van der Waals surface area contributed by atoms with E-state index >= 15 is 0 Å². The second kappa shape index (κ2) is 7.44. The Bertz CT molecular complexity index is 1070. The van der Waals surface area contributed by atoms with Gasteiger partial charge in [0.2, 0.25) is 5.91 Å². The van der Waals surface area contributed by atoms with Crippen molar-refractivity contribution in [2.24, 2.45) is 10.9 Å². The minimum Gasteiger partial charge on any atom is -0.467 e. The number of hydrogen-bond donors (Lipinski definition) is 0. The summed E-state index contributed by atoms with van der Waals surface area (Å²) >= 11 is 0. The topological polar surface area (TPSA) is 66.9 Å². The van der Waals surface area contributed by atoms with E-state index < -0.39 is 5.92 Å². The lowest BCUT2D eigenvalue weighted by molar-refractivity contribution is -0.134. The maximum atomic E-state index is 13.6. The van der Waals surface area contributed by atoms with E-state index in [0.717, 1.165) is 17.2 Å². The minimum absolute atomic E-state index is 0.0255. The third kappa shape index (κ3) is 3.18. The Balaban J connectivity index is 1.37. The predicted molar refractivity (Wildman–Crippen MR) is 111 cm³/mol. The van der Waals surface area contributed by atoms with Gasteiger partial charge in [-0.2, -0.15) is 5.10 Å². The highest BCUT2D eigenvalue weighted by molar-refractivity contribution is 6.05. The minimum atomic E-state index is -0.471. The summed E-state index contributed by atoms with van der Waals surface area (Å²) in [6.45, 7) is 4.47. The molecular formula is C22H22FN5O2. The number of fused-ring (bicyclic) bond motifs is 1. The zero-order chi connectivity index (χ0) is 20.7. The van der Waals surface area contributed by atoms with Gasteiger partial charge in [-0.3, -0.25) is 4.79 Å². The number of rotatable bonds is 3. The molecule has 2 atom stereocenters. The molecule has 4 heterocycles. The fourth-order valence-electron chi connectivity index (χ4n) is 4.32. The van der Waals surface area contributed by atoms with Gasteiger partial charge in [0.05, 0.1) is 12.5 Å². The molecule has 0 radical (unpaired) electrons. The molecule has 2 unspecified atom stereocenters. The molecule has 1 aromatic carbocycles. The molecule has 0 bridgehead atoms. The van der Waals surface area contributed by atoms with Gasteiger partial charge in [-0.25, -0.2) is 14.1 Å². The Kier molecular flexibility index (Phi) is 4.61. The molecule has 0 saturated carbocycles. The van der Waals surface area contributed by atoms with Crippen LogP contribution >= 0.6 is 0 Å². The van der Waals surface area contributed by atoms with E-state index in [0.29, 0.717) is 31.9 Å². The van der Waals surface area contributed by atoms with Gasteiger partial charge in [0.15, 0.2) is 5.82 Å². The van der Waals surface area contributed by atoms with Crippen LogP contribution in [0.2, 0.25) is 0 Å². The van der Waals surface area contributed by atoms with Gasteiger partial charge in [0, 0.05) is 43.6 Å². The van der Waals surface area contributed by atoms with Crippen LogP contribution in [-0.2, 0) is 4.79 Å². The quantitative estimate of drug-likeness (QED) is 0.668. The van der Waals surface area contributed by atoms with E-state index in [1.165, 1.54) is 12.1 Å². The van der Waals surface area contributed by atoms with Crippen molar-refractivity contribution in [3.8, 4) is 0 Å². The highest BCUT2D eigenvalue weighted by atomic mass is 19.1. The summed E-state index contributed by atoms with van der Waals surface area (Å²) < 4.78 is 20.6. The van der Waals surface area contributed by atoms with Crippen molar-refractivity contribution in [2.45, 2.75) is 13.0 Å². The predicted octanol–water partition coefficient (Wildman–Crippen LogP) is 3.28. The van der Waals surface area contributed by atoms with Crippen LogP contribution in [0.1, 0.15) is 18.7 Å². The highest BCUT2D eigenvalue weighted by Gasteiger charge is 2.42. The van der Waals surface area contributed by atoms with E-state index in [1.54, 1.807) is 29.3 Å². The molecule has 30 heavy (non-hydrogen) atoms. The van der Waals surface area contributed by atoms with Gasteiger partial charge in [0.25, 0.3) is 0 Å². The van der Waals surface area contributed by atoms with Gasteiger partial charge in [-0.15, -0.1) is 0 Å². The average molecular weight is 407 g/mol. The number of piperazine rings is 1. The molecule has 0 N–H and O–H groups in total. The third-order valence-electron chi connectivity index (χ3n) is 5.85. The molecule has 1 fully saturated rings. The molecule has 1 saturated heterocycles. The van der Waals surface area contributed by atoms with Crippen molar-refractivity contribution < 1.29 is 13.6 Å². The smallest absolute Gasteiger partial charge is 0.234 e. The lowest BCUT2D eigenvalue weighted by atomic mass is 9.90. The first kappa shape index (κ1) is 18.6. The van der Waals surface area contributed by atoms with E-state index in [1.807, 2.05) is 30.0 Å². The van der Waals surface area contributed by atoms with Crippen LogP contribution < -0.4 is 4.90 Å². The summed E-state index contributed by atoms with van der Waals surface area (Å²) in [5, 5.41) is 4.41. The van der Waals surface area contributed by atoms with Crippen LogP contribution in [-0.4, -0.2) is 52.5 Å². The molecule has 5 rings (SSSR count). The van der Waals surface area contributed by atoms with Gasteiger partial charge < -0.3 is 14.2 Å². The first-order valence-electron chi connectivity index (χ1n) is 10.0. The number of halogens is 1. The Morgan fingerprint density at radius 2 is 1.87 bits per heavy atom. The first-order valence-corrected chi connectivity index (χ1v) is 10.0. The summed E-state index contributed by atoms with van der Waals surface area (Å²) in [4.78, 5) is 22.2. The van der Waals surface area contributed by atoms with E-state index in [2.05, 4.69) is 15.0 Å². The summed E-state index contributed by atoms with van der Waals surface area (Å²) in [7, 11) is 0. The molecule has 2 aliphatic rings. The summed E-state index contributed by atoms with van der Waals surface area (Å²) in [6.07, 6.45) is 3.30. The SMILES string of the molecule is CC1=Nc2ccnn2C(c2ccco2)C1C(=O)N1CCN(c2ccc(F)cc2)CC1. The molecule has 0 spiro atoms. The number of anilines is 1. The molecule has 7 nitrogen and oxygen atoms in total. The van der Waals surface area contributed by atoms with Crippen LogP contribution in [0.4, 0.5) is 15.9 Å². The number of nitrogens with zero attached hydrogens (tertiary/aromatic N) is 5. The largest absolute Gasteiger partial charge is 0.467 e. The van der Waals surface area contributed by atoms with Crippen molar-refractivity contribution >= 4 is 23.1 Å². The number of benzene rings is 1. The van der Waals surface area contributed by atoms with Crippen molar-refractivity contribution in [1.29, 1.82) is 0 Å². The van der Waals surface area contributed by atoms with Crippen molar-refractivity contribution in [1.82, 2.24) is 14.7 Å². The number of hydrogen-bond acceptors (Lipinski definition) is 5. The second-order valence-corrected chi connectivity index (χ2v) is 7.61. The number of aliphatic imine (C=N–C) groups is 1. The standard InChI is InChI=1S/C22H22FN5O2/c1-15-20(21(18-3-2-14-30-18)28-19(25-15)8-9-24-28)22(29)27-12-10-26(11-13-27)17-6-4-16(23)5-7-17/h2-9,14,20-21H,10-13H2,1H3. The molecule has 8 heteroatoms. The van der Waals surface area contributed by atoms with Gasteiger partial charge in [0.1, 0.15) is 23.5 Å². The summed E-state index contributed by atoms with van der Waals surface area (Å²) in [6, 6.07) is 11.7. The Morgan fingerprint density at radius 1 is 1.10 bits per heavy atom. The number of furan rings is 1. The number of carbonyl (C=O) groups excluding carboxylic acids is 1. The van der Waals surface area contributed by atoms with Gasteiger partial charge in [-0.05, 0) is 43.3 Å². The number of amides is 1. The fraction of sp³-hybridized carbons (Fsp3) is 0.318. The third-order valence-corrected chi connectivity index (χ3v) is 5.85. The molecule has 2 aromatic heterocycles. The molecular weight excluding hydrogens is 385 g/mol. The zero-order valence-electron chi connectivity index (χ0n) is 16.6. The number of aromatic nitrogens is 2. The molecule has 1 amide bonds. The number of carbonyl (C=O) groups is 1. The van der Waals surface area contributed by atoms with Crippen LogP contribution in [0.25, 0.3) is 0 Å². The van der Waals surface area contributed by atoms with Crippen molar-refractivity contribution in [3.05, 3.63) is 66.5 Å². The van der Waals surface area contributed by atoms with Crippen LogP contribution in [0.3, 0.4) is 0 Å². The van der Waals surface area contributed by atoms with E-state index in [9.17, 15) is 9.18 Å². The highest BCUT2D eigenvalue weighted by Crippen LogP contribution is 2.37. The molecule has 3 aromatic rings. The molecule has 2 aliphatic heterocycles. The van der Waals surface area contributed by atoms with Crippen LogP contribution in [0.5, 0.6) is 0 Å². The Labute approximate surface area is 173 Å².